The fraction of sp³-hybridized carbons (Fsp3) is 0.522. The number of aromatic nitrogens is 2. The van der Waals surface area contributed by atoms with Crippen LogP contribution in [0.25, 0.3) is 0 Å². The zero-order valence-corrected chi connectivity index (χ0v) is 22.4. The van der Waals surface area contributed by atoms with Crippen LogP contribution in [0, 0.1) is 5.82 Å². The van der Waals surface area contributed by atoms with Gasteiger partial charge in [0.05, 0.1) is 18.4 Å². The third kappa shape index (κ3) is 6.79. The van der Waals surface area contributed by atoms with E-state index in [-0.39, 0.29) is 5.75 Å². The minimum absolute atomic E-state index is 0.0642. The number of rotatable bonds is 11. The van der Waals surface area contributed by atoms with Crippen LogP contribution in [0.5, 0.6) is 5.75 Å². The van der Waals surface area contributed by atoms with Gasteiger partial charge in [0, 0.05) is 0 Å². The van der Waals surface area contributed by atoms with Gasteiger partial charge in [0.15, 0.2) is 17.9 Å². The maximum absolute atomic E-state index is 15.7. The average molecular weight is 578 g/mol. The quantitative estimate of drug-likeness (QED) is 0.265. The van der Waals surface area contributed by atoms with Gasteiger partial charge in [-0.1, -0.05) is 18.2 Å². The molecular formula is C23H30F3N4O8P. The number of ether oxygens (including phenoxy) is 2. The van der Waals surface area contributed by atoms with Gasteiger partial charge >= 0.3 is 19.4 Å². The maximum Gasteiger partial charge on any atom is 0.459 e. The second-order valence-corrected chi connectivity index (χ2v) is 10.8. The molecule has 0 radical (unpaired) electrons. The lowest BCUT2D eigenvalue weighted by atomic mass is 9.95. The number of esters is 1. The number of aliphatic hydroxyl groups is 1. The summed E-state index contributed by atoms with van der Waals surface area (Å²) in [6, 6.07) is 6.48. The van der Waals surface area contributed by atoms with Crippen LogP contribution in [-0.2, 0) is 23.4 Å². The summed E-state index contributed by atoms with van der Waals surface area (Å²) in [6.07, 6.45) is -7.76. The second kappa shape index (κ2) is 12.0. The van der Waals surface area contributed by atoms with Crippen LogP contribution in [-0.4, -0.2) is 63.4 Å². The summed E-state index contributed by atoms with van der Waals surface area (Å²) in [4.78, 5) is 27.8. The number of nitrogens with one attached hydrogen (secondary N) is 1. The Morgan fingerprint density at radius 3 is 2.54 bits per heavy atom. The molecule has 1 saturated heterocycles. The Labute approximate surface area is 221 Å². The first-order valence-corrected chi connectivity index (χ1v) is 13.4. The Balaban J connectivity index is 1.91. The third-order valence-corrected chi connectivity index (χ3v) is 7.45. The number of hydrogen-bond acceptors (Lipinski definition) is 10. The van der Waals surface area contributed by atoms with Crippen molar-refractivity contribution in [3.05, 3.63) is 52.8 Å². The lowest BCUT2D eigenvalue weighted by molar-refractivity contribution is -0.149. The van der Waals surface area contributed by atoms with Gasteiger partial charge in [0.25, 0.3) is 0 Å². The molecule has 12 nitrogen and oxygen atoms in total. The molecule has 16 heteroatoms. The number of para-hydroxylation sites is 1. The van der Waals surface area contributed by atoms with Crippen LogP contribution in [0.15, 0.2) is 41.3 Å². The Kier molecular flexibility index (Phi) is 9.44. The SMILES string of the molecule is CC(C)OC(=O)[C@H](C)N[P@@](=O)(Oc1ccccc1)O[C@H](C)[C@H]1O[C@@H](n2cc(F)c(N)nc2=O)[C@@](F)(CF)C1O. The number of hydrogen-bond donors (Lipinski definition) is 3. The first-order valence-electron chi connectivity index (χ1n) is 11.8. The number of alkyl halides is 2. The summed E-state index contributed by atoms with van der Waals surface area (Å²) in [6.45, 7) is 3.91. The van der Waals surface area contributed by atoms with Gasteiger partial charge in [-0.3, -0.25) is 13.9 Å². The van der Waals surface area contributed by atoms with Gasteiger partial charge in [-0.15, -0.1) is 0 Å². The zero-order valence-electron chi connectivity index (χ0n) is 21.5. The highest BCUT2D eigenvalue weighted by molar-refractivity contribution is 7.52. The minimum Gasteiger partial charge on any atom is -0.462 e. The van der Waals surface area contributed by atoms with Crippen molar-refractivity contribution in [3.8, 4) is 5.75 Å². The van der Waals surface area contributed by atoms with Gasteiger partial charge in [-0.2, -0.15) is 10.1 Å². The minimum atomic E-state index is -4.51. The van der Waals surface area contributed by atoms with Crippen molar-refractivity contribution in [2.45, 2.75) is 70.0 Å². The van der Waals surface area contributed by atoms with Crippen LogP contribution in [0.2, 0.25) is 0 Å². The molecule has 0 amide bonds. The maximum atomic E-state index is 15.7. The van der Waals surface area contributed by atoms with E-state index in [2.05, 4.69) is 10.1 Å². The van der Waals surface area contributed by atoms with Crippen molar-refractivity contribution < 1.29 is 46.2 Å². The molecule has 3 rings (SSSR count). The van der Waals surface area contributed by atoms with E-state index >= 15 is 4.39 Å². The molecule has 2 heterocycles. The summed E-state index contributed by atoms with van der Waals surface area (Å²) in [5, 5.41) is 13.1. The largest absolute Gasteiger partial charge is 0.462 e. The Morgan fingerprint density at radius 2 is 1.95 bits per heavy atom. The van der Waals surface area contributed by atoms with Crippen LogP contribution >= 0.6 is 7.75 Å². The molecule has 4 N–H and O–H groups in total. The fourth-order valence-electron chi connectivity index (χ4n) is 3.79. The Hall–Kier alpha value is -2.97. The highest BCUT2D eigenvalue weighted by atomic mass is 31.2. The summed E-state index contributed by atoms with van der Waals surface area (Å²) in [7, 11) is -4.51. The average Bonchev–Trinajstić information content (AvgIpc) is 3.12. The zero-order chi connectivity index (χ0) is 29.1. The third-order valence-electron chi connectivity index (χ3n) is 5.68. The first kappa shape index (κ1) is 30.6. The molecular weight excluding hydrogens is 548 g/mol. The monoisotopic (exact) mass is 578 g/mol. The molecule has 1 unspecified atom stereocenters. The molecule has 0 bridgehead atoms. The van der Waals surface area contributed by atoms with E-state index in [0.717, 1.165) is 0 Å². The van der Waals surface area contributed by atoms with Crippen LogP contribution in [0.1, 0.15) is 33.9 Å². The lowest BCUT2D eigenvalue weighted by Crippen LogP contribution is -2.48. The van der Waals surface area contributed by atoms with Crippen molar-refractivity contribution in [3.63, 3.8) is 0 Å². The molecule has 0 spiro atoms. The van der Waals surface area contributed by atoms with Gasteiger partial charge in [0.2, 0.25) is 5.67 Å². The number of nitrogens with zero attached hydrogens (tertiary/aromatic N) is 2. The van der Waals surface area contributed by atoms with E-state index in [1.54, 1.807) is 32.0 Å². The number of anilines is 1. The fourth-order valence-corrected chi connectivity index (χ4v) is 5.49. The molecule has 1 aliphatic rings. The number of nitrogen functional groups attached to an aromatic ring is 1. The van der Waals surface area contributed by atoms with Gasteiger partial charge < -0.3 is 24.8 Å². The Morgan fingerprint density at radius 1 is 1.31 bits per heavy atom. The smallest absolute Gasteiger partial charge is 0.459 e. The highest BCUT2D eigenvalue weighted by Crippen LogP contribution is 2.50. The van der Waals surface area contributed by atoms with E-state index in [9.17, 15) is 28.0 Å². The molecule has 0 saturated carbocycles. The molecule has 1 fully saturated rings. The summed E-state index contributed by atoms with van der Waals surface area (Å²) < 4.78 is 79.4. The van der Waals surface area contributed by atoms with Gasteiger partial charge in [-0.05, 0) is 39.8 Å². The standard InChI is InChI=1S/C23H30F3N4O8P/c1-12(2)35-20(32)13(3)29-39(34,38-15-8-6-5-7-9-15)37-14(4)17-18(31)23(26,11-24)21(36-17)30-10-16(25)19(27)28-22(30)33/h5-10,12-14,17-18,21,31H,11H2,1-4H3,(H,29,34)(H2,27,28,33)/t13-,14+,17+,18?,21+,23+,39-/m0/s1. The number of carbonyl (C=O) groups excluding carboxylic acids is 1. The van der Waals surface area contributed by atoms with E-state index in [0.29, 0.717) is 10.8 Å². The predicted molar refractivity (Wildman–Crippen MR) is 132 cm³/mol. The first-order chi connectivity index (χ1) is 18.2. The summed E-state index contributed by atoms with van der Waals surface area (Å²) >= 11 is 0. The van der Waals surface area contributed by atoms with Gasteiger partial charge in [0.1, 0.15) is 30.7 Å². The molecule has 1 aliphatic heterocycles. The Bertz CT molecular complexity index is 1270. The van der Waals surface area contributed by atoms with Crippen LogP contribution < -0.4 is 21.0 Å². The summed E-state index contributed by atoms with van der Waals surface area (Å²) in [5.41, 5.74) is 0.717. The van der Waals surface area contributed by atoms with Crippen LogP contribution in [0.3, 0.4) is 0 Å². The predicted octanol–water partition coefficient (Wildman–Crippen LogP) is 2.42. The van der Waals surface area contributed by atoms with E-state index in [1.807, 2.05) is 0 Å². The molecule has 1 aromatic heterocycles. The normalized spacial score (nSPS) is 26.1. The summed E-state index contributed by atoms with van der Waals surface area (Å²) in [5.74, 6) is -2.71. The van der Waals surface area contributed by atoms with Crippen LogP contribution in [0.4, 0.5) is 19.0 Å². The second-order valence-electron chi connectivity index (χ2n) is 9.17. The number of aliphatic hydroxyl groups excluding tert-OH is 1. The number of halogens is 3. The number of carbonyl (C=O) groups is 1. The van der Waals surface area contributed by atoms with E-state index in [1.165, 1.54) is 26.0 Å². The van der Waals surface area contributed by atoms with Crippen molar-refractivity contribution in [1.82, 2.24) is 14.6 Å². The van der Waals surface area contributed by atoms with E-state index in [4.69, 9.17) is 24.3 Å². The van der Waals surface area contributed by atoms with Crippen molar-refractivity contribution in [2.75, 3.05) is 12.4 Å². The molecule has 0 aliphatic carbocycles. The molecule has 7 atom stereocenters. The van der Waals surface area contributed by atoms with Gasteiger partial charge in [-0.25, -0.2) is 22.5 Å². The molecule has 216 valence electrons. The van der Waals surface area contributed by atoms with Crippen molar-refractivity contribution in [1.29, 1.82) is 0 Å². The van der Waals surface area contributed by atoms with E-state index < -0.39 is 80.1 Å². The number of nitrogens with two attached hydrogens (primary N) is 1. The molecule has 39 heavy (non-hydrogen) atoms. The number of benzene rings is 1. The van der Waals surface area contributed by atoms with Crippen molar-refractivity contribution >= 4 is 19.5 Å². The topological polar surface area (TPSA) is 164 Å². The highest BCUT2D eigenvalue weighted by Gasteiger charge is 2.61. The molecule has 1 aromatic carbocycles. The van der Waals surface area contributed by atoms with Crippen molar-refractivity contribution in [2.24, 2.45) is 0 Å². The molecule has 2 aromatic rings. The lowest BCUT2D eigenvalue weighted by Gasteiger charge is -2.29.